The number of hydrogen-bond acceptors (Lipinski definition) is 5. The average Bonchev–Trinajstić information content (AvgIpc) is 2.58. The third-order valence-electron chi connectivity index (χ3n) is 3.58. The number of aromatic amines is 1. The van der Waals surface area contributed by atoms with Gasteiger partial charge >= 0.3 is 5.69 Å². The standard InChI is InChI=1S/C17H21N3O5/c1-4-25-13-6-5-12(9-14(13)24-3)11(2)18-16(22)10-20-8-7-15(21)19-17(20)23/h5-9,11H,4,10H2,1-3H3,(H,18,22)(H,19,21,23)/t11-/m1/s1. The zero-order valence-corrected chi connectivity index (χ0v) is 14.4. The smallest absolute Gasteiger partial charge is 0.328 e. The lowest BCUT2D eigenvalue weighted by molar-refractivity contribution is -0.122. The minimum Gasteiger partial charge on any atom is -0.493 e. The summed E-state index contributed by atoms with van der Waals surface area (Å²) in [4.78, 5) is 36.9. The van der Waals surface area contributed by atoms with E-state index in [4.69, 9.17) is 9.47 Å². The van der Waals surface area contributed by atoms with E-state index in [1.807, 2.05) is 19.9 Å². The summed E-state index contributed by atoms with van der Waals surface area (Å²) in [7, 11) is 1.55. The highest BCUT2D eigenvalue weighted by atomic mass is 16.5. The molecule has 0 bridgehead atoms. The molecule has 8 heteroatoms. The molecule has 134 valence electrons. The highest BCUT2D eigenvalue weighted by Gasteiger charge is 2.13. The molecule has 1 amide bonds. The SMILES string of the molecule is CCOc1ccc([C@@H](C)NC(=O)Cn2ccc(=O)[nH]c2=O)cc1OC. The first-order valence-corrected chi connectivity index (χ1v) is 7.84. The molecule has 8 nitrogen and oxygen atoms in total. The first kappa shape index (κ1) is 18.3. The van der Waals surface area contributed by atoms with Crippen LogP contribution in [0.2, 0.25) is 0 Å². The van der Waals surface area contributed by atoms with Crippen LogP contribution in [-0.2, 0) is 11.3 Å². The topological polar surface area (TPSA) is 102 Å². The highest BCUT2D eigenvalue weighted by molar-refractivity contribution is 5.76. The van der Waals surface area contributed by atoms with Crippen LogP contribution in [0.1, 0.15) is 25.5 Å². The van der Waals surface area contributed by atoms with Gasteiger partial charge in [-0.05, 0) is 31.5 Å². The Morgan fingerprint density at radius 3 is 2.68 bits per heavy atom. The van der Waals surface area contributed by atoms with Gasteiger partial charge in [0.15, 0.2) is 11.5 Å². The molecule has 1 heterocycles. The van der Waals surface area contributed by atoms with Gasteiger partial charge in [-0.1, -0.05) is 6.07 Å². The van der Waals surface area contributed by atoms with E-state index >= 15 is 0 Å². The molecule has 0 spiro atoms. The molecule has 2 aromatic rings. The summed E-state index contributed by atoms with van der Waals surface area (Å²) in [6.07, 6.45) is 1.28. The number of carbonyl (C=O) groups is 1. The molecule has 0 saturated carbocycles. The van der Waals surface area contributed by atoms with Crippen molar-refractivity contribution >= 4 is 5.91 Å². The predicted molar refractivity (Wildman–Crippen MR) is 92.0 cm³/mol. The van der Waals surface area contributed by atoms with Crippen LogP contribution < -0.4 is 26.0 Å². The maximum atomic E-state index is 12.1. The van der Waals surface area contributed by atoms with E-state index in [1.54, 1.807) is 19.2 Å². The molecular formula is C17H21N3O5. The van der Waals surface area contributed by atoms with Gasteiger partial charge in [0.25, 0.3) is 5.56 Å². The van der Waals surface area contributed by atoms with E-state index in [1.165, 1.54) is 12.3 Å². The van der Waals surface area contributed by atoms with Crippen molar-refractivity contribution in [2.24, 2.45) is 0 Å². The number of aromatic nitrogens is 2. The number of rotatable bonds is 7. The van der Waals surface area contributed by atoms with Crippen molar-refractivity contribution < 1.29 is 14.3 Å². The van der Waals surface area contributed by atoms with E-state index in [2.05, 4.69) is 10.3 Å². The molecule has 25 heavy (non-hydrogen) atoms. The van der Waals surface area contributed by atoms with Gasteiger partial charge in [-0.3, -0.25) is 19.1 Å². The molecule has 0 fully saturated rings. The number of amides is 1. The van der Waals surface area contributed by atoms with E-state index in [0.717, 1.165) is 10.1 Å². The second-order valence-corrected chi connectivity index (χ2v) is 5.37. The lowest BCUT2D eigenvalue weighted by Gasteiger charge is -2.17. The summed E-state index contributed by atoms with van der Waals surface area (Å²) >= 11 is 0. The van der Waals surface area contributed by atoms with Gasteiger partial charge in [-0.15, -0.1) is 0 Å². The fourth-order valence-corrected chi connectivity index (χ4v) is 2.32. The van der Waals surface area contributed by atoms with Gasteiger partial charge in [-0.25, -0.2) is 4.79 Å². The number of H-pyrrole nitrogens is 1. The molecule has 0 aliphatic rings. The first-order chi connectivity index (χ1) is 11.9. The van der Waals surface area contributed by atoms with Gasteiger partial charge in [0.2, 0.25) is 5.91 Å². The number of methoxy groups -OCH3 is 1. The Balaban J connectivity index is 2.08. The minimum absolute atomic E-state index is 0.186. The summed E-state index contributed by atoms with van der Waals surface area (Å²) < 4.78 is 11.9. The average molecular weight is 347 g/mol. The number of nitrogens with one attached hydrogen (secondary N) is 2. The Hall–Kier alpha value is -3.03. The van der Waals surface area contributed by atoms with Crippen LogP contribution in [0.15, 0.2) is 40.1 Å². The lowest BCUT2D eigenvalue weighted by Crippen LogP contribution is -2.36. The second-order valence-electron chi connectivity index (χ2n) is 5.37. The lowest BCUT2D eigenvalue weighted by atomic mass is 10.1. The Morgan fingerprint density at radius 1 is 1.28 bits per heavy atom. The monoisotopic (exact) mass is 347 g/mol. The summed E-state index contributed by atoms with van der Waals surface area (Å²) in [5, 5.41) is 2.80. The summed E-state index contributed by atoms with van der Waals surface area (Å²) in [5.74, 6) is 0.860. The van der Waals surface area contributed by atoms with Crippen molar-refractivity contribution in [3.05, 3.63) is 56.9 Å². The second kappa shape index (κ2) is 8.18. The van der Waals surface area contributed by atoms with E-state index in [-0.39, 0.29) is 18.5 Å². The maximum absolute atomic E-state index is 12.1. The fraction of sp³-hybridized carbons (Fsp3) is 0.353. The van der Waals surface area contributed by atoms with Crippen molar-refractivity contribution in [3.8, 4) is 11.5 Å². The van der Waals surface area contributed by atoms with Crippen LogP contribution in [0, 0.1) is 0 Å². The van der Waals surface area contributed by atoms with Crippen LogP contribution >= 0.6 is 0 Å². The molecule has 1 atom stereocenters. The number of benzene rings is 1. The molecular weight excluding hydrogens is 326 g/mol. The van der Waals surface area contributed by atoms with Crippen LogP contribution in [0.25, 0.3) is 0 Å². The maximum Gasteiger partial charge on any atom is 0.328 e. The number of carbonyl (C=O) groups excluding carboxylic acids is 1. The molecule has 0 aliphatic carbocycles. The third kappa shape index (κ3) is 4.72. The van der Waals surface area contributed by atoms with Crippen LogP contribution in [0.5, 0.6) is 11.5 Å². The number of ether oxygens (including phenoxy) is 2. The number of nitrogens with zero attached hydrogens (tertiary/aromatic N) is 1. The van der Waals surface area contributed by atoms with Crippen molar-refractivity contribution in [3.63, 3.8) is 0 Å². The quantitative estimate of drug-likeness (QED) is 0.772. The zero-order valence-electron chi connectivity index (χ0n) is 14.4. The normalized spacial score (nSPS) is 11.6. The Kier molecular flexibility index (Phi) is 5.99. The molecule has 1 aromatic heterocycles. The summed E-state index contributed by atoms with van der Waals surface area (Å²) in [6, 6.07) is 6.31. The van der Waals surface area contributed by atoms with Crippen LogP contribution in [-0.4, -0.2) is 29.2 Å². The molecule has 1 aromatic carbocycles. The molecule has 0 unspecified atom stereocenters. The van der Waals surface area contributed by atoms with Crippen molar-refractivity contribution in [1.29, 1.82) is 0 Å². The zero-order chi connectivity index (χ0) is 18.4. The van der Waals surface area contributed by atoms with Gasteiger partial charge in [0, 0.05) is 12.3 Å². The first-order valence-electron chi connectivity index (χ1n) is 7.84. The summed E-state index contributed by atoms with van der Waals surface area (Å²) in [5.41, 5.74) is -0.294. The van der Waals surface area contributed by atoms with Crippen LogP contribution in [0.3, 0.4) is 0 Å². The Labute approximate surface area is 144 Å². The van der Waals surface area contributed by atoms with Gasteiger partial charge in [0.1, 0.15) is 6.54 Å². The van der Waals surface area contributed by atoms with E-state index in [9.17, 15) is 14.4 Å². The Bertz CT molecular complexity index is 856. The highest BCUT2D eigenvalue weighted by Crippen LogP contribution is 2.30. The third-order valence-corrected chi connectivity index (χ3v) is 3.58. The van der Waals surface area contributed by atoms with Gasteiger partial charge < -0.3 is 14.8 Å². The van der Waals surface area contributed by atoms with Crippen molar-refractivity contribution in [2.45, 2.75) is 26.4 Å². The van der Waals surface area contributed by atoms with E-state index in [0.29, 0.717) is 18.1 Å². The predicted octanol–water partition coefficient (Wildman–Crippen LogP) is 0.821. The molecule has 2 N–H and O–H groups in total. The minimum atomic E-state index is -0.627. The van der Waals surface area contributed by atoms with Crippen molar-refractivity contribution in [2.75, 3.05) is 13.7 Å². The fourth-order valence-electron chi connectivity index (χ4n) is 2.32. The molecule has 2 rings (SSSR count). The summed E-state index contributed by atoms with van der Waals surface area (Å²) in [6.45, 7) is 4.04. The van der Waals surface area contributed by atoms with Crippen LogP contribution in [0.4, 0.5) is 0 Å². The molecule has 0 aliphatic heterocycles. The molecule has 0 radical (unpaired) electrons. The van der Waals surface area contributed by atoms with Gasteiger partial charge in [-0.2, -0.15) is 0 Å². The number of hydrogen-bond donors (Lipinski definition) is 2. The molecule has 0 saturated heterocycles. The van der Waals surface area contributed by atoms with Crippen molar-refractivity contribution in [1.82, 2.24) is 14.9 Å². The Morgan fingerprint density at radius 2 is 2.04 bits per heavy atom. The van der Waals surface area contributed by atoms with E-state index < -0.39 is 11.2 Å². The largest absolute Gasteiger partial charge is 0.493 e. The van der Waals surface area contributed by atoms with Gasteiger partial charge in [0.05, 0.1) is 19.8 Å².